The van der Waals surface area contributed by atoms with E-state index < -0.39 is 0 Å². The van der Waals surface area contributed by atoms with Crippen LogP contribution in [0.4, 0.5) is 0 Å². The fraction of sp³-hybridized carbons (Fsp3) is 0.880. The van der Waals surface area contributed by atoms with Crippen molar-refractivity contribution in [3.05, 3.63) is 18.2 Å². The van der Waals surface area contributed by atoms with Crippen molar-refractivity contribution in [1.82, 2.24) is 9.55 Å². The molecular weight excluding hydrogens is 328 g/mol. The predicted octanol–water partition coefficient (Wildman–Crippen LogP) is 8.68. The molecule has 2 unspecified atom stereocenters. The van der Waals surface area contributed by atoms with E-state index in [9.17, 15) is 0 Å². The van der Waals surface area contributed by atoms with E-state index in [4.69, 9.17) is 4.98 Å². The lowest BCUT2D eigenvalue weighted by Gasteiger charge is -2.25. The molecule has 2 atom stereocenters. The molecule has 158 valence electrons. The van der Waals surface area contributed by atoms with Crippen molar-refractivity contribution >= 4 is 0 Å². The fourth-order valence-corrected chi connectivity index (χ4v) is 4.25. The molecular formula is C25H48N2. The molecule has 0 aliphatic rings. The van der Waals surface area contributed by atoms with Gasteiger partial charge in [-0.25, -0.2) is 4.98 Å². The van der Waals surface area contributed by atoms with Gasteiger partial charge in [0.2, 0.25) is 0 Å². The highest BCUT2D eigenvalue weighted by molar-refractivity contribution is 5.03. The summed E-state index contributed by atoms with van der Waals surface area (Å²) >= 11 is 0. The van der Waals surface area contributed by atoms with E-state index in [1.165, 1.54) is 95.7 Å². The highest BCUT2D eigenvalue weighted by Crippen LogP contribution is 2.31. The Morgan fingerprint density at radius 2 is 1.26 bits per heavy atom. The smallest absolute Gasteiger partial charge is 0.112 e. The van der Waals surface area contributed by atoms with Crippen LogP contribution < -0.4 is 0 Å². The first kappa shape index (κ1) is 24.2. The fourth-order valence-electron chi connectivity index (χ4n) is 4.25. The SMILES string of the molecule is CCCCCCCCCCCC(c1nccn1C(C)CCCCC)C(C)C. The number of unbranched alkanes of at least 4 members (excludes halogenated alkanes) is 10. The zero-order valence-corrected chi connectivity index (χ0v) is 19.2. The Kier molecular flexibility index (Phi) is 13.6. The second kappa shape index (κ2) is 15.2. The van der Waals surface area contributed by atoms with Crippen molar-refractivity contribution < 1.29 is 0 Å². The topological polar surface area (TPSA) is 17.8 Å². The molecule has 0 amide bonds. The van der Waals surface area contributed by atoms with Gasteiger partial charge in [0.25, 0.3) is 0 Å². The van der Waals surface area contributed by atoms with Gasteiger partial charge in [-0.2, -0.15) is 0 Å². The van der Waals surface area contributed by atoms with Crippen LogP contribution in [0, 0.1) is 5.92 Å². The van der Waals surface area contributed by atoms with Crippen LogP contribution in [0.5, 0.6) is 0 Å². The summed E-state index contributed by atoms with van der Waals surface area (Å²) in [5, 5.41) is 0. The van der Waals surface area contributed by atoms with Crippen molar-refractivity contribution in [2.24, 2.45) is 5.92 Å². The summed E-state index contributed by atoms with van der Waals surface area (Å²) in [6, 6.07) is 0.582. The summed E-state index contributed by atoms with van der Waals surface area (Å²) in [5.41, 5.74) is 0. The lowest BCUT2D eigenvalue weighted by Crippen LogP contribution is -2.16. The van der Waals surface area contributed by atoms with Crippen molar-refractivity contribution in [1.29, 1.82) is 0 Å². The van der Waals surface area contributed by atoms with Gasteiger partial charge in [-0.15, -0.1) is 0 Å². The third-order valence-corrected chi connectivity index (χ3v) is 6.15. The molecule has 0 N–H and O–H groups in total. The van der Waals surface area contributed by atoms with Crippen LogP contribution in [0.15, 0.2) is 12.4 Å². The molecule has 0 aromatic carbocycles. The molecule has 27 heavy (non-hydrogen) atoms. The molecule has 0 radical (unpaired) electrons. The van der Waals surface area contributed by atoms with E-state index in [2.05, 4.69) is 45.4 Å². The zero-order chi connectivity index (χ0) is 19.9. The monoisotopic (exact) mass is 376 g/mol. The van der Waals surface area contributed by atoms with E-state index in [1.807, 2.05) is 6.20 Å². The quantitative estimate of drug-likeness (QED) is 0.249. The number of hydrogen-bond donors (Lipinski definition) is 0. The number of nitrogens with zero attached hydrogens (tertiary/aromatic N) is 2. The first-order chi connectivity index (χ1) is 13.1. The highest BCUT2D eigenvalue weighted by atomic mass is 15.1. The van der Waals surface area contributed by atoms with Gasteiger partial charge in [-0.1, -0.05) is 105 Å². The Morgan fingerprint density at radius 1 is 0.741 bits per heavy atom. The third-order valence-electron chi connectivity index (χ3n) is 6.15. The van der Waals surface area contributed by atoms with Crippen molar-refractivity contribution in [2.45, 2.75) is 136 Å². The van der Waals surface area contributed by atoms with Gasteiger partial charge in [0.05, 0.1) is 0 Å². The van der Waals surface area contributed by atoms with Gasteiger partial charge in [0, 0.05) is 24.4 Å². The van der Waals surface area contributed by atoms with Crippen LogP contribution in [0.25, 0.3) is 0 Å². The molecule has 0 saturated heterocycles. The minimum atomic E-state index is 0.582. The average Bonchev–Trinajstić information content (AvgIpc) is 3.12. The van der Waals surface area contributed by atoms with Crippen molar-refractivity contribution in [2.75, 3.05) is 0 Å². The summed E-state index contributed by atoms with van der Waals surface area (Å²) in [4.78, 5) is 4.81. The first-order valence-electron chi connectivity index (χ1n) is 12.1. The molecule has 0 spiro atoms. The van der Waals surface area contributed by atoms with Gasteiger partial charge in [-0.3, -0.25) is 0 Å². The molecule has 0 fully saturated rings. The van der Waals surface area contributed by atoms with Gasteiger partial charge >= 0.3 is 0 Å². The Labute approximate surface area is 170 Å². The number of rotatable bonds is 17. The normalized spacial score (nSPS) is 14.0. The van der Waals surface area contributed by atoms with E-state index >= 15 is 0 Å². The average molecular weight is 377 g/mol. The Bertz CT molecular complexity index is 449. The second-order valence-electron chi connectivity index (χ2n) is 9.01. The molecule has 2 nitrogen and oxygen atoms in total. The lowest BCUT2D eigenvalue weighted by atomic mass is 9.89. The molecule has 0 aliphatic heterocycles. The van der Waals surface area contributed by atoms with E-state index in [1.54, 1.807) is 0 Å². The highest BCUT2D eigenvalue weighted by Gasteiger charge is 2.22. The number of hydrogen-bond acceptors (Lipinski definition) is 1. The summed E-state index contributed by atoms with van der Waals surface area (Å²) in [6.45, 7) is 11.7. The largest absolute Gasteiger partial charge is 0.332 e. The maximum absolute atomic E-state index is 4.81. The predicted molar refractivity (Wildman–Crippen MR) is 121 cm³/mol. The van der Waals surface area contributed by atoms with Crippen LogP contribution in [-0.4, -0.2) is 9.55 Å². The zero-order valence-electron chi connectivity index (χ0n) is 19.2. The van der Waals surface area contributed by atoms with Crippen LogP contribution in [0.2, 0.25) is 0 Å². The van der Waals surface area contributed by atoms with Crippen LogP contribution in [-0.2, 0) is 0 Å². The van der Waals surface area contributed by atoms with Crippen LogP contribution >= 0.6 is 0 Å². The van der Waals surface area contributed by atoms with E-state index in [-0.39, 0.29) is 0 Å². The minimum Gasteiger partial charge on any atom is -0.332 e. The van der Waals surface area contributed by atoms with Gasteiger partial charge in [-0.05, 0) is 25.7 Å². The molecule has 0 aliphatic carbocycles. The molecule has 1 aromatic rings. The molecule has 1 heterocycles. The van der Waals surface area contributed by atoms with E-state index in [0.29, 0.717) is 17.9 Å². The summed E-state index contributed by atoms with van der Waals surface area (Å²) in [7, 11) is 0. The molecule has 2 heteroatoms. The molecule has 0 saturated carbocycles. The van der Waals surface area contributed by atoms with Crippen molar-refractivity contribution in [3.63, 3.8) is 0 Å². The van der Waals surface area contributed by atoms with Crippen LogP contribution in [0.3, 0.4) is 0 Å². The standard InChI is InChI=1S/C25H48N2/c1-6-8-10-11-12-13-14-15-17-19-24(22(3)4)25-26-20-21-27(25)23(5)18-16-9-7-2/h20-24H,6-19H2,1-5H3. The molecule has 0 bridgehead atoms. The second-order valence-corrected chi connectivity index (χ2v) is 9.01. The third kappa shape index (κ3) is 9.81. The molecule has 1 rings (SSSR count). The maximum Gasteiger partial charge on any atom is 0.112 e. The van der Waals surface area contributed by atoms with Gasteiger partial charge in [0.1, 0.15) is 5.82 Å². The van der Waals surface area contributed by atoms with Gasteiger partial charge < -0.3 is 4.57 Å². The van der Waals surface area contributed by atoms with Gasteiger partial charge in [0.15, 0.2) is 0 Å². The Hall–Kier alpha value is -0.790. The minimum absolute atomic E-state index is 0.582. The summed E-state index contributed by atoms with van der Waals surface area (Å²) in [6.07, 6.45) is 23.5. The maximum atomic E-state index is 4.81. The van der Waals surface area contributed by atoms with E-state index in [0.717, 1.165) is 0 Å². The number of imidazole rings is 1. The first-order valence-corrected chi connectivity index (χ1v) is 12.1. The Morgan fingerprint density at radius 3 is 1.85 bits per heavy atom. The Balaban J connectivity index is 2.40. The summed E-state index contributed by atoms with van der Waals surface area (Å²) < 4.78 is 2.48. The van der Waals surface area contributed by atoms with Crippen LogP contribution in [0.1, 0.15) is 142 Å². The van der Waals surface area contributed by atoms with Crippen molar-refractivity contribution in [3.8, 4) is 0 Å². The lowest BCUT2D eigenvalue weighted by molar-refractivity contribution is 0.383. The number of aromatic nitrogens is 2. The molecule has 1 aromatic heterocycles. The summed E-state index contributed by atoms with van der Waals surface area (Å²) in [5.74, 6) is 2.62.